The molecule has 0 heterocycles. The summed E-state index contributed by atoms with van der Waals surface area (Å²) < 4.78 is 18.4. The van der Waals surface area contributed by atoms with Gasteiger partial charge in [0.2, 0.25) is 0 Å². The molecule has 18 heavy (non-hydrogen) atoms. The van der Waals surface area contributed by atoms with Crippen LogP contribution < -0.4 is 5.32 Å². The van der Waals surface area contributed by atoms with Crippen molar-refractivity contribution in [1.82, 2.24) is 5.32 Å². The molecule has 0 unspecified atom stereocenters. The van der Waals surface area contributed by atoms with E-state index in [1.165, 1.54) is 12.1 Å². The number of hydrogen-bond donors (Lipinski definition) is 2. The van der Waals surface area contributed by atoms with Crippen LogP contribution in [0, 0.1) is 5.82 Å². The molecule has 1 aromatic rings. The lowest BCUT2D eigenvalue weighted by atomic mass is 10.2. The fourth-order valence-corrected chi connectivity index (χ4v) is 1.47. The fourth-order valence-electron chi connectivity index (χ4n) is 1.31. The maximum atomic E-state index is 13.4. The molecule has 0 fully saturated rings. The molecule has 4 nitrogen and oxygen atoms in total. The Morgan fingerprint density at radius 1 is 1.44 bits per heavy atom. The Hall–Kier alpha value is -1.17. The van der Waals surface area contributed by atoms with E-state index in [1.54, 1.807) is 0 Å². The molecule has 1 aromatic carbocycles. The van der Waals surface area contributed by atoms with E-state index in [9.17, 15) is 9.18 Å². The summed E-state index contributed by atoms with van der Waals surface area (Å²) in [4.78, 5) is 11.6. The Labute approximate surface area is 110 Å². The van der Waals surface area contributed by atoms with E-state index in [1.807, 2.05) is 0 Å². The highest BCUT2D eigenvalue weighted by atomic mass is 35.5. The van der Waals surface area contributed by atoms with Crippen LogP contribution in [0.15, 0.2) is 18.2 Å². The minimum absolute atomic E-state index is 0.0255. The van der Waals surface area contributed by atoms with E-state index in [-0.39, 0.29) is 23.8 Å². The number of aliphatic hydroxyl groups excluding tert-OH is 1. The van der Waals surface area contributed by atoms with Gasteiger partial charge in [0.05, 0.1) is 18.8 Å². The predicted octanol–water partition coefficient (Wildman–Crippen LogP) is 1.61. The van der Waals surface area contributed by atoms with Crippen molar-refractivity contribution in [3.8, 4) is 0 Å². The summed E-state index contributed by atoms with van der Waals surface area (Å²) in [5.74, 6) is -1.12. The zero-order chi connectivity index (χ0) is 13.4. The number of aliphatic hydroxyl groups is 1. The number of hydrogen-bond acceptors (Lipinski definition) is 3. The van der Waals surface area contributed by atoms with Gasteiger partial charge < -0.3 is 15.2 Å². The van der Waals surface area contributed by atoms with E-state index >= 15 is 0 Å². The van der Waals surface area contributed by atoms with Crippen LogP contribution in [0.2, 0.25) is 5.02 Å². The standard InChI is InChI=1S/C12H15ClFNO3/c13-9-2-3-10(11(14)8-9)12(17)15-4-1-6-18-7-5-16/h2-3,8,16H,1,4-7H2,(H,15,17). The third-order valence-corrected chi connectivity index (χ3v) is 2.40. The van der Waals surface area contributed by atoms with Crippen LogP contribution >= 0.6 is 11.6 Å². The number of benzene rings is 1. The van der Waals surface area contributed by atoms with Crippen molar-refractivity contribution in [2.24, 2.45) is 0 Å². The van der Waals surface area contributed by atoms with Crippen molar-refractivity contribution in [2.75, 3.05) is 26.4 Å². The Morgan fingerprint density at radius 2 is 2.22 bits per heavy atom. The highest BCUT2D eigenvalue weighted by Gasteiger charge is 2.10. The van der Waals surface area contributed by atoms with Crippen molar-refractivity contribution in [1.29, 1.82) is 0 Å². The molecule has 0 saturated heterocycles. The van der Waals surface area contributed by atoms with Gasteiger partial charge in [0.15, 0.2) is 0 Å². The topological polar surface area (TPSA) is 58.6 Å². The van der Waals surface area contributed by atoms with Crippen LogP contribution in [0.4, 0.5) is 4.39 Å². The molecular formula is C12H15ClFNO3. The van der Waals surface area contributed by atoms with Gasteiger partial charge in [-0.2, -0.15) is 0 Å². The second-order valence-corrected chi connectivity index (χ2v) is 4.01. The molecule has 0 aliphatic carbocycles. The van der Waals surface area contributed by atoms with Gasteiger partial charge in [0, 0.05) is 18.2 Å². The van der Waals surface area contributed by atoms with Gasteiger partial charge in [-0.3, -0.25) is 4.79 Å². The fraction of sp³-hybridized carbons (Fsp3) is 0.417. The van der Waals surface area contributed by atoms with E-state index < -0.39 is 11.7 Å². The summed E-state index contributed by atoms with van der Waals surface area (Å²) in [6.07, 6.45) is 0.598. The maximum Gasteiger partial charge on any atom is 0.254 e. The summed E-state index contributed by atoms with van der Waals surface area (Å²) in [6, 6.07) is 3.90. The molecule has 2 N–H and O–H groups in total. The third-order valence-electron chi connectivity index (χ3n) is 2.16. The molecule has 0 aliphatic heterocycles. The molecule has 0 radical (unpaired) electrons. The van der Waals surface area contributed by atoms with Crippen LogP contribution in [0.25, 0.3) is 0 Å². The van der Waals surface area contributed by atoms with E-state index in [0.717, 1.165) is 6.07 Å². The summed E-state index contributed by atoms with van der Waals surface area (Å²) >= 11 is 5.59. The molecule has 6 heteroatoms. The van der Waals surface area contributed by atoms with Crippen molar-refractivity contribution in [2.45, 2.75) is 6.42 Å². The van der Waals surface area contributed by atoms with E-state index in [0.29, 0.717) is 19.6 Å². The number of ether oxygens (including phenoxy) is 1. The minimum atomic E-state index is -0.642. The lowest BCUT2D eigenvalue weighted by Crippen LogP contribution is -2.26. The molecule has 0 atom stereocenters. The predicted molar refractivity (Wildman–Crippen MR) is 66.3 cm³/mol. The summed E-state index contributed by atoms with van der Waals surface area (Å²) in [6.45, 7) is 1.07. The van der Waals surface area contributed by atoms with Crippen molar-refractivity contribution in [3.63, 3.8) is 0 Å². The monoisotopic (exact) mass is 275 g/mol. The Kier molecular flexibility index (Phi) is 6.64. The van der Waals surface area contributed by atoms with Gasteiger partial charge in [-0.05, 0) is 24.6 Å². The van der Waals surface area contributed by atoms with Crippen molar-refractivity contribution < 1.29 is 19.0 Å². The van der Waals surface area contributed by atoms with Crippen LogP contribution in [0.5, 0.6) is 0 Å². The maximum absolute atomic E-state index is 13.4. The number of nitrogens with one attached hydrogen (secondary N) is 1. The Morgan fingerprint density at radius 3 is 2.89 bits per heavy atom. The van der Waals surface area contributed by atoms with Crippen LogP contribution in [-0.2, 0) is 4.74 Å². The molecule has 1 rings (SSSR count). The first-order valence-electron chi connectivity index (χ1n) is 5.57. The second kappa shape index (κ2) is 8.02. The van der Waals surface area contributed by atoms with Gasteiger partial charge in [0.1, 0.15) is 5.82 Å². The smallest absolute Gasteiger partial charge is 0.254 e. The summed E-state index contributed by atoms with van der Waals surface area (Å²) in [5.41, 5.74) is -0.0318. The highest BCUT2D eigenvalue weighted by Crippen LogP contribution is 2.14. The van der Waals surface area contributed by atoms with Crippen molar-refractivity contribution in [3.05, 3.63) is 34.6 Å². The lowest BCUT2D eigenvalue weighted by molar-refractivity contribution is 0.0866. The van der Waals surface area contributed by atoms with Gasteiger partial charge in [-0.25, -0.2) is 4.39 Å². The Bertz CT molecular complexity index is 401. The van der Waals surface area contributed by atoms with Crippen LogP contribution in [-0.4, -0.2) is 37.4 Å². The second-order valence-electron chi connectivity index (χ2n) is 3.57. The van der Waals surface area contributed by atoms with Gasteiger partial charge in [-0.15, -0.1) is 0 Å². The van der Waals surface area contributed by atoms with E-state index in [2.05, 4.69) is 5.32 Å². The number of carbonyl (C=O) groups is 1. The molecule has 0 aliphatic rings. The SMILES string of the molecule is O=C(NCCCOCCO)c1ccc(Cl)cc1F. The molecular weight excluding hydrogens is 261 g/mol. The Balaban J connectivity index is 2.32. The molecule has 1 amide bonds. The average Bonchev–Trinajstić information content (AvgIpc) is 2.33. The van der Waals surface area contributed by atoms with Crippen molar-refractivity contribution >= 4 is 17.5 Å². The zero-order valence-corrected chi connectivity index (χ0v) is 10.5. The number of halogens is 2. The quantitative estimate of drug-likeness (QED) is 0.743. The van der Waals surface area contributed by atoms with Crippen LogP contribution in [0.1, 0.15) is 16.8 Å². The first kappa shape index (κ1) is 14.9. The lowest BCUT2D eigenvalue weighted by Gasteiger charge is -2.06. The van der Waals surface area contributed by atoms with Crippen LogP contribution in [0.3, 0.4) is 0 Å². The molecule has 0 spiro atoms. The summed E-state index contributed by atoms with van der Waals surface area (Å²) in [7, 11) is 0. The summed E-state index contributed by atoms with van der Waals surface area (Å²) in [5, 5.41) is 11.3. The first-order chi connectivity index (χ1) is 8.65. The minimum Gasteiger partial charge on any atom is -0.394 e. The largest absolute Gasteiger partial charge is 0.394 e. The van der Waals surface area contributed by atoms with Gasteiger partial charge >= 0.3 is 0 Å². The highest BCUT2D eigenvalue weighted by molar-refractivity contribution is 6.30. The van der Waals surface area contributed by atoms with Gasteiger partial charge in [-0.1, -0.05) is 11.6 Å². The molecule has 0 saturated carbocycles. The average molecular weight is 276 g/mol. The molecule has 0 aromatic heterocycles. The number of carbonyl (C=O) groups excluding carboxylic acids is 1. The van der Waals surface area contributed by atoms with Gasteiger partial charge in [0.25, 0.3) is 5.91 Å². The normalized spacial score (nSPS) is 10.4. The third kappa shape index (κ3) is 5.00. The molecule has 100 valence electrons. The molecule has 0 bridgehead atoms. The number of amides is 1. The first-order valence-corrected chi connectivity index (χ1v) is 5.95. The number of rotatable bonds is 7. The van der Waals surface area contributed by atoms with E-state index in [4.69, 9.17) is 21.4 Å². The zero-order valence-electron chi connectivity index (χ0n) is 9.79.